The zero-order chi connectivity index (χ0) is 43.9. The minimum atomic E-state index is -0.869. The lowest BCUT2D eigenvalue weighted by molar-refractivity contribution is -0.385. The number of hydrazone groups is 2. The van der Waals surface area contributed by atoms with Gasteiger partial charge in [-0.15, -0.1) is 0 Å². The van der Waals surface area contributed by atoms with Gasteiger partial charge in [-0.3, -0.25) is 50.3 Å². The maximum Gasteiger partial charge on any atom is 0.279 e. The molecule has 60 heavy (non-hydrogen) atoms. The first-order valence-electron chi connectivity index (χ1n) is 18.2. The molecule has 0 aliphatic rings. The Hall–Kier alpha value is -7.90. The normalized spacial score (nSPS) is 11.2. The second-order valence-corrected chi connectivity index (χ2v) is 12.6. The lowest BCUT2D eigenvalue weighted by Crippen LogP contribution is -2.29. The predicted molar refractivity (Wildman–Crippen MR) is 223 cm³/mol. The molecule has 4 aromatic carbocycles. The van der Waals surface area contributed by atoms with E-state index in [9.17, 15) is 39.4 Å². The quantitative estimate of drug-likeness (QED) is 0.0293. The minimum Gasteiger partial charge on any atom is -0.496 e. The highest BCUT2D eigenvalue weighted by atomic mass is 16.6. The number of nitro benzene ring substituents is 2. The molecule has 0 atom stereocenters. The highest BCUT2D eigenvalue weighted by molar-refractivity contribution is 6.67. The van der Waals surface area contributed by atoms with E-state index in [2.05, 4.69) is 31.7 Å². The Morgan fingerprint density at radius 3 is 1.22 bits per heavy atom. The third kappa shape index (κ3) is 11.6. The molecule has 0 radical (unpaired) electrons. The maximum absolute atomic E-state index is 13.1. The van der Waals surface area contributed by atoms with E-state index in [4.69, 9.17) is 18.9 Å². The molecule has 4 N–H and O–H groups in total. The molecule has 20 heteroatoms. The molecule has 20 nitrogen and oxygen atoms in total. The van der Waals surface area contributed by atoms with Crippen LogP contribution in [0.3, 0.4) is 0 Å². The van der Waals surface area contributed by atoms with Gasteiger partial charge in [0.05, 0.1) is 37.3 Å². The number of hydrogen-bond acceptors (Lipinski definition) is 16. The highest BCUT2D eigenvalue weighted by Crippen LogP contribution is 2.46. The number of ether oxygens (including phenoxy) is 4. The molecule has 0 heterocycles. The number of Topliss-reactive ketones (excluding diaryl/α,β-unsaturated/α-hetero) is 2. The minimum absolute atomic E-state index is 0.180. The van der Waals surface area contributed by atoms with Gasteiger partial charge in [0.15, 0.2) is 23.0 Å². The molecule has 0 bridgehead atoms. The smallest absolute Gasteiger partial charge is 0.279 e. The summed E-state index contributed by atoms with van der Waals surface area (Å²) in [6.45, 7) is 6.64. The zero-order valence-corrected chi connectivity index (χ0v) is 33.4. The van der Waals surface area contributed by atoms with E-state index in [-0.39, 0.29) is 70.3 Å². The first-order valence-corrected chi connectivity index (χ1v) is 18.2. The Kier molecular flexibility index (Phi) is 15.7. The van der Waals surface area contributed by atoms with Crippen molar-refractivity contribution >= 4 is 68.9 Å². The van der Waals surface area contributed by atoms with Crippen molar-refractivity contribution in [3.8, 4) is 34.1 Å². The summed E-state index contributed by atoms with van der Waals surface area (Å²) in [7, 11) is 2.85. The van der Waals surface area contributed by atoms with Gasteiger partial charge in [-0.1, -0.05) is 13.8 Å². The van der Waals surface area contributed by atoms with E-state index in [1.54, 1.807) is 24.3 Å². The van der Waals surface area contributed by atoms with Crippen molar-refractivity contribution in [3.63, 3.8) is 0 Å². The first-order chi connectivity index (χ1) is 28.7. The van der Waals surface area contributed by atoms with Crippen LogP contribution in [0.4, 0.5) is 34.1 Å². The van der Waals surface area contributed by atoms with Gasteiger partial charge in [-0.2, -0.15) is 10.2 Å². The van der Waals surface area contributed by atoms with Gasteiger partial charge in [0.2, 0.25) is 0 Å². The van der Waals surface area contributed by atoms with Crippen LogP contribution in [0.5, 0.6) is 23.0 Å². The van der Waals surface area contributed by atoms with Crippen molar-refractivity contribution in [1.29, 1.82) is 0 Å². The Balaban J connectivity index is 1.72. The fourth-order valence-electron chi connectivity index (χ4n) is 5.24. The average Bonchev–Trinajstić information content (AvgIpc) is 3.22. The molecule has 2 amide bonds. The van der Waals surface area contributed by atoms with Crippen LogP contribution in [0.1, 0.15) is 40.5 Å². The molecule has 0 aliphatic heterocycles. The lowest BCUT2D eigenvalue weighted by atomic mass is 10.0. The van der Waals surface area contributed by atoms with E-state index >= 15 is 0 Å². The van der Waals surface area contributed by atoms with Crippen LogP contribution in [-0.4, -0.2) is 72.1 Å². The monoisotopic (exact) mass is 826 g/mol. The summed E-state index contributed by atoms with van der Waals surface area (Å²) in [6.07, 6.45) is 1.24. The maximum atomic E-state index is 13.1. The van der Waals surface area contributed by atoms with Crippen LogP contribution in [0.15, 0.2) is 83.0 Å². The number of methoxy groups -OCH3 is 2. The molecule has 0 fully saturated rings. The number of nitrogens with zero attached hydrogens (tertiary/aromatic N) is 4. The standard InChI is InChI=1S/C40H42N8O12/c1-7-17-59-35-19-29(33(57-5)21-31(35)43-45-37(23(3)49)39(51)41-25-9-13-27(14-10-25)47(53)54)30-20-36(60-18-8-2)32(22-34(30)58-6)44-46-38(24(4)50)40(52)42-26-11-15-28(16-12-26)48(55)56/h9-16,19-22,43-44H,7-8,17-18H2,1-6H3,(H,41,51)(H,42,52). The molecule has 0 saturated carbocycles. The van der Waals surface area contributed by atoms with Gasteiger partial charge in [-0.05, 0) is 49.2 Å². The topological polar surface area (TPSA) is 264 Å². The van der Waals surface area contributed by atoms with Gasteiger partial charge in [0.1, 0.15) is 34.4 Å². The lowest BCUT2D eigenvalue weighted by Gasteiger charge is -2.20. The van der Waals surface area contributed by atoms with Crippen molar-refractivity contribution in [3.05, 3.63) is 93.0 Å². The van der Waals surface area contributed by atoms with E-state index in [0.29, 0.717) is 24.0 Å². The molecule has 0 unspecified atom stereocenters. The SMILES string of the molecule is CCCOc1cc(-c2cc(OCCC)c(NN=C(C(C)=O)C(=O)Nc3ccc([N+](=O)[O-])cc3)cc2OC)c(OC)cc1NN=C(C(C)=O)C(=O)Nc1ccc([N+](=O)[O-])cc1. The van der Waals surface area contributed by atoms with Crippen molar-refractivity contribution in [2.75, 3.05) is 48.9 Å². The number of anilines is 4. The Bertz CT molecular complexity index is 2170. The van der Waals surface area contributed by atoms with Gasteiger partial charge >= 0.3 is 0 Å². The Morgan fingerprint density at radius 1 is 0.583 bits per heavy atom. The van der Waals surface area contributed by atoms with E-state index in [1.807, 2.05) is 13.8 Å². The number of carbonyl (C=O) groups is 4. The number of carbonyl (C=O) groups excluding carboxylic acids is 4. The summed E-state index contributed by atoms with van der Waals surface area (Å²) >= 11 is 0. The molecule has 4 aromatic rings. The van der Waals surface area contributed by atoms with Crippen LogP contribution in [-0.2, 0) is 19.2 Å². The van der Waals surface area contributed by atoms with Gasteiger partial charge in [0.25, 0.3) is 23.2 Å². The summed E-state index contributed by atoms with van der Waals surface area (Å²) in [6, 6.07) is 16.4. The third-order valence-corrected chi connectivity index (χ3v) is 8.16. The highest BCUT2D eigenvalue weighted by Gasteiger charge is 2.23. The number of ketones is 2. The molecule has 0 saturated heterocycles. The predicted octanol–water partition coefficient (Wildman–Crippen LogP) is 6.76. The Labute approximate surface area is 343 Å². The molecule has 0 aliphatic carbocycles. The van der Waals surface area contributed by atoms with Crippen LogP contribution < -0.4 is 40.4 Å². The largest absolute Gasteiger partial charge is 0.496 e. The van der Waals surface area contributed by atoms with E-state index in [0.717, 1.165) is 13.8 Å². The third-order valence-electron chi connectivity index (χ3n) is 8.16. The molecule has 314 valence electrons. The molecule has 4 rings (SSSR count). The number of benzene rings is 4. The van der Waals surface area contributed by atoms with Crippen LogP contribution >= 0.6 is 0 Å². The zero-order valence-electron chi connectivity index (χ0n) is 33.4. The van der Waals surface area contributed by atoms with Crippen molar-refractivity contribution < 1.29 is 48.0 Å². The molecular weight excluding hydrogens is 784 g/mol. The summed E-state index contributed by atoms with van der Waals surface area (Å²) < 4.78 is 23.7. The number of amides is 2. The average molecular weight is 827 g/mol. The number of nitro groups is 2. The number of non-ortho nitro benzene ring substituents is 2. The fraction of sp³-hybridized carbons (Fsp3) is 0.250. The van der Waals surface area contributed by atoms with Crippen LogP contribution in [0.2, 0.25) is 0 Å². The summed E-state index contributed by atoms with van der Waals surface area (Å²) in [5.41, 5.74) is 5.88. The summed E-state index contributed by atoms with van der Waals surface area (Å²) in [5.74, 6) is -2.03. The second-order valence-electron chi connectivity index (χ2n) is 12.6. The number of rotatable bonds is 21. The van der Waals surface area contributed by atoms with Gasteiger partial charge in [0, 0.05) is 72.7 Å². The Morgan fingerprint density at radius 2 is 0.933 bits per heavy atom. The van der Waals surface area contributed by atoms with Crippen LogP contribution in [0.25, 0.3) is 11.1 Å². The van der Waals surface area contributed by atoms with Crippen molar-refractivity contribution in [2.24, 2.45) is 10.2 Å². The molecular formula is C40H42N8O12. The van der Waals surface area contributed by atoms with E-state index in [1.165, 1.54) is 62.8 Å². The van der Waals surface area contributed by atoms with Gasteiger partial charge in [-0.25, -0.2) is 0 Å². The second kappa shape index (κ2) is 21.0. The number of nitrogens with one attached hydrogen (secondary N) is 4. The number of hydrogen-bond donors (Lipinski definition) is 4. The summed E-state index contributed by atoms with van der Waals surface area (Å²) in [5, 5.41) is 35.2. The van der Waals surface area contributed by atoms with Crippen LogP contribution in [0, 0.1) is 20.2 Å². The van der Waals surface area contributed by atoms with E-state index < -0.39 is 44.7 Å². The molecule has 0 spiro atoms. The van der Waals surface area contributed by atoms with Gasteiger partial charge < -0.3 is 29.6 Å². The van der Waals surface area contributed by atoms with Crippen molar-refractivity contribution in [1.82, 2.24) is 0 Å². The van der Waals surface area contributed by atoms with Crippen molar-refractivity contribution in [2.45, 2.75) is 40.5 Å². The first kappa shape index (κ1) is 44.8. The fourth-order valence-corrected chi connectivity index (χ4v) is 5.24. The molecule has 0 aromatic heterocycles. The summed E-state index contributed by atoms with van der Waals surface area (Å²) in [4.78, 5) is 72.1.